The lowest BCUT2D eigenvalue weighted by atomic mass is 9.90. The molecular weight excluding hydrogens is 677 g/mol. The molecule has 0 saturated carbocycles. The molecular formula is C43H50N8O3. The first-order chi connectivity index (χ1) is 26.3. The van der Waals surface area contributed by atoms with Gasteiger partial charge in [0.15, 0.2) is 5.96 Å². The SMILES string of the molecule is CC(=O)N[C@H](C=O)Cc1cn([C@H](Cc2ccc3ccccc3c2)[C@@H]2CCN(CC(c3ccccc3)c3ccccc3)C(=O)[C@H](CCCN=C(N)N)N2)cn1. The third kappa shape index (κ3) is 9.99. The van der Waals surface area contributed by atoms with Crippen LogP contribution in [0.4, 0.5) is 0 Å². The zero-order valence-electron chi connectivity index (χ0n) is 30.8. The largest absolute Gasteiger partial charge is 0.370 e. The number of aromatic nitrogens is 2. The maximum atomic E-state index is 14.6. The number of carbonyl (C=O) groups is 3. The van der Waals surface area contributed by atoms with E-state index in [4.69, 9.17) is 11.5 Å². The summed E-state index contributed by atoms with van der Waals surface area (Å²) in [6.45, 7) is 2.91. The highest BCUT2D eigenvalue weighted by molar-refractivity contribution is 5.83. The Balaban J connectivity index is 1.34. The molecule has 2 heterocycles. The number of nitrogens with two attached hydrogens (primary N) is 2. The lowest BCUT2D eigenvalue weighted by Gasteiger charge is -2.30. The number of amides is 2. The fourth-order valence-electron chi connectivity index (χ4n) is 7.58. The van der Waals surface area contributed by atoms with E-state index in [-0.39, 0.29) is 42.2 Å². The number of aldehydes is 1. The molecule has 0 aliphatic carbocycles. The minimum absolute atomic E-state index is 0.00540. The van der Waals surface area contributed by atoms with Crippen LogP contribution < -0.4 is 22.1 Å². The van der Waals surface area contributed by atoms with Crippen molar-refractivity contribution in [1.29, 1.82) is 0 Å². The Hall–Kier alpha value is -5.81. The first-order valence-electron chi connectivity index (χ1n) is 18.7. The van der Waals surface area contributed by atoms with E-state index >= 15 is 0 Å². The molecule has 1 saturated heterocycles. The second kappa shape index (κ2) is 18.3. The van der Waals surface area contributed by atoms with E-state index in [0.29, 0.717) is 51.0 Å². The molecule has 1 aromatic heterocycles. The average Bonchev–Trinajstić information content (AvgIpc) is 3.59. The van der Waals surface area contributed by atoms with Crippen molar-refractivity contribution in [3.8, 4) is 0 Å². The zero-order valence-corrected chi connectivity index (χ0v) is 30.8. The van der Waals surface area contributed by atoms with Crippen molar-refractivity contribution in [3.05, 3.63) is 138 Å². The highest BCUT2D eigenvalue weighted by Gasteiger charge is 2.36. The number of hydrogen-bond donors (Lipinski definition) is 4. The van der Waals surface area contributed by atoms with Crippen molar-refractivity contribution in [3.63, 3.8) is 0 Å². The Bertz CT molecular complexity index is 1990. The van der Waals surface area contributed by atoms with Gasteiger partial charge in [0.1, 0.15) is 6.29 Å². The van der Waals surface area contributed by atoms with E-state index in [2.05, 4.69) is 79.8 Å². The Morgan fingerprint density at radius 1 is 0.963 bits per heavy atom. The molecule has 5 aromatic rings. The van der Waals surface area contributed by atoms with Crippen molar-refractivity contribution in [2.24, 2.45) is 16.5 Å². The minimum atomic E-state index is -0.677. The molecule has 0 spiro atoms. The van der Waals surface area contributed by atoms with Gasteiger partial charge in [-0.25, -0.2) is 4.98 Å². The van der Waals surface area contributed by atoms with Crippen LogP contribution in [0.5, 0.6) is 0 Å². The van der Waals surface area contributed by atoms with E-state index < -0.39 is 12.1 Å². The fraction of sp³-hybridized carbons (Fsp3) is 0.326. The van der Waals surface area contributed by atoms with Crippen molar-refractivity contribution in [2.45, 2.75) is 69.1 Å². The van der Waals surface area contributed by atoms with E-state index in [1.807, 2.05) is 59.6 Å². The van der Waals surface area contributed by atoms with Crippen molar-refractivity contribution < 1.29 is 14.4 Å². The normalized spacial score (nSPS) is 17.1. The molecule has 6 N–H and O–H groups in total. The van der Waals surface area contributed by atoms with Crippen molar-refractivity contribution >= 4 is 34.8 Å². The van der Waals surface area contributed by atoms with Gasteiger partial charge in [-0.1, -0.05) is 103 Å². The zero-order chi connectivity index (χ0) is 37.9. The fourth-order valence-corrected chi connectivity index (χ4v) is 7.58. The molecule has 2 amide bonds. The smallest absolute Gasteiger partial charge is 0.239 e. The molecule has 6 rings (SSSR count). The van der Waals surface area contributed by atoms with Crippen LogP contribution in [0.2, 0.25) is 0 Å². The van der Waals surface area contributed by atoms with Gasteiger partial charge in [-0.15, -0.1) is 0 Å². The molecule has 4 atom stereocenters. The highest BCUT2D eigenvalue weighted by atomic mass is 16.2. The van der Waals surface area contributed by atoms with Crippen molar-refractivity contribution in [2.75, 3.05) is 19.6 Å². The van der Waals surface area contributed by atoms with Gasteiger partial charge in [-0.3, -0.25) is 14.6 Å². The maximum Gasteiger partial charge on any atom is 0.239 e. The Labute approximate surface area is 316 Å². The van der Waals surface area contributed by atoms with E-state index in [0.717, 1.165) is 28.4 Å². The van der Waals surface area contributed by atoms with Crippen LogP contribution in [0.1, 0.15) is 60.5 Å². The van der Waals surface area contributed by atoms with Gasteiger partial charge in [-0.2, -0.15) is 0 Å². The Morgan fingerprint density at radius 2 is 1.65 bits per heavy atom. The monoisotopic (exact) mass is 726 g/mol. The van der Waals surface area contributed by atoms with Gasteiger partial charge in [0, 0.05) is 51.1 Å². The summed E-state index contributed by atoms with van der Waals surface area (Å²) in [6.07, 6.45) is 7.33. The number of aliphatic imine (C=N–C) groups is 1. The number of guanidine groups is 1. The molecule has 1 fully saturated rings. The third-order valence-corrected chi connectivity index (χ3v) is 10.2. The summed E-state index contributed by atoms with van der Waals surface area (Å²) in [5, 5.41) is 8.84. The number of nitrogens with one attached hydrogen (secondary N) is 2. The predicted molar refractivity (Wildman–Crippen MR) is 213 cm³/mol. The summed E-state index contributed by atoms with van der Waals surface area (Å²) in [4.78, 5) is 49.1. The van der Waals surface area contributed by atoms with Crippen LogP contribution in [-0.4, -0.2) is 76.3 Å². The van der Waals surface area contributed by atoms with Crippen LogP contribution in [-0.2, 0) is 27.2 Å². The first-order valence-corrected chi connectivity index (χ1v) is 18.7. The van der Waals surface area contributed by atoms with Crippen molar-refractivity contribution in [1.82, 2.24) is 25.1 Å². The summed E-state index contributed by atoms with van der Waals surface area (Å²) < 4.78 is 2.10. The highest BCUT2D eigenvalue weighted by Crippen LogP contribution is 2.30. The van der Waals surface area contributed by atoms with Gasteiger partial charge < -0.3 is 36.4 Å². The van der Waals surface area contributed by atoms with Gasteiger partial charge in [-0.05, 0) is 53.1 Å². The second-order valence-electron chi connectivity index (χ2n) is 14.1. The van der Waals surface area contributed by atoms with E-state index in [9.17, 15) is 14.4 Å². The molecule has 280 valence electrons. The molecule has 11 heteroatoms. The van der Waals surface area contributed by atoms with Crippen LogP contribution >= 0.6 is 0 Å². The van der Waals surface area contributed by atoms with Gasteiger partial charge in [0.25, 0.3) is 0 Å². The first kappa shape index (κ1) is 37.9. The quantitative estimate of drug-likeness (QED) is 0.0504. The second-order valence-corrected chi connectivity index (χ2v) is 14.1. The molecule has 4 aromatic carbocycles. The summed E-state index contributed by atoms with van der Waals surface area (Å²) in [6, 6.07) is 34.2. The Morgan fingerprint density at radius 3 is 2.31 bits per heavy atom. The Kier molecular flexibility index (Phi) is 12.8. The molecule has 1 aliphatic rings. The van der Waals surface area contributed by atoms with Crippen LogP contribution in [0.3, 0.4) is 0 Å². The van der Waals surface area contributed by atoms with Gasteiger partial charge in [0.05, 0.1) is 30.1 Å². The minimum Gasteiger partial charge on any atom is -0.370 e. The van der Waals surface area contributed by atoms with Gasteiger partial charge >= 0.3 is 0 Å². The third-order valence-electron chi connectivity index (χ3n) is 10.2. The van der Waals surface area contributed by atoms with Crippen LogP contribution in [0.25, 0.3) is 10.8 Å². The number of rotatable bonds is 16. The number of carbonyl (C=O) groups excluding carboxylic acids is 3. The molecule has 0 radical (unpaired) electrons. The number of hydrogen-bond acceptors (Lipinski definition) is 6. The predicted octanol–water partition coefficient (Wildman–Crippen LogP) is 4.51. The molecule has 0 unspecified atom stereocenters. The number of fused-ring (bicyclic) bond motifs is 1. The molecule has 0 bridgehead atoms. The number of nitrogens with zero attached hydrogens (tertiary/aromatic N) is 4. The average molecular weight is 727 g/mol. The van der Waals surface area contributed by atoms with Crippen LogP contribution in [0.15, 0.2) is 121 Å². The topological polar surface area (TPSA) is 161 Å². The summed E-state index contributed by atoms with van der Waals surface area (Å²) in [5.41, 5.74) is 15.4. The van der Waals surface area contributed by atoms with Crippen LogP contribution in [0, 0.1) is 0 Å². The van der Waals surface area contributed by atoms with E-state index in [1.54, 1.807) is 6.33 Å². The van der Waals surface area contributed by atoms with Gasteiger partial charge in [0.2, 0.25) is 11.8 Å². The standard InChI is InChI=1S/C43H50N8O3/c1-30(53)48-37(28-52)25-36-26-51(29-47-36)41(24-31-18-19-32-11-8-9-16-35(32)23-31)39-20-22-50(42(54)40(49-39)17-10-21-46-43(44)45)27-38(33-12-4-2-5-13-33)34-14-6-3-7-15-34/h2-9,11-16,18-19,23,26,28-29,37-41,49H,10,17,20-22,24-25,27H2,1H3,(H,48,53)(H4,44,45,46)/t37-,39-,40-,41+/m0/s1. The summed E-state index contributed by atoms with van der Waals surface area (Å²) in [7, 11) is 0. The number of benzene rings is 4. The van der Waals surface area contributed by atoms with E-state index in [1.165, 1.54) is 12.3 Å². The molecule has 11 nitrogen and oxygen atoms in total. The number of imidazole rings is 1. The molecule has 1 aliphatic heterocycles. The lowest BCUT2D eigenvalue weighted by Crippen LogP contribution is -2.48. The summed E-state index contributed by atoms with van der Waals surface area (Å²) in [5.74, 6) is -0.191. The lowest BCUT2D eigenvalue weighted by molar-refractivity contribution is -0.133. The molecule has 54 heavy (non-hydrogen) atoms. The maximum absolute atomic E-state index is 14.6. The summed E-state index contributed by atoms with van der Waals surface area (Å²) >= 11 is 0.